The van der Waals surface area contributed by atoms with E-state index in [1.54, 1.807) is 23.1 Å². The molecule has 2 rings (SSSR count). The van der Waals surface area contributed by atoms with Crippen LogP contribution in [0.15, 0.2) is 17.5 Å². The van der Waals surface area contributed by atoms with Gasteiger partial charge in [0.15, 0.2) is 0 Å². The van der Waals surface area contributed by atoms with E-state index in [-0.39, 0.29) is 24.2 Å². The van der Waals surface area contributed by atoms with Gasteiger partial charge in [-0.1, -0.05) is 6.07 Å². The molecule has 1 fully saturated rings. The maximum atomic E-state index is 12.2. The van der Waals surface area contributed by atoms with Gasteiger partial charge in [-0.15, -0.1) is 11.3 Å². The third kappa shape index (κ3) is 2.51. The summed E-state index contributed by atoms with van der Waals surface area (Å²) in [5, 5.41) is 5.43. The summed E-state index contributed by atoms with van der Waals surface area (Å²) in [6.07, 6.45) is 2.13. The molecule has 1 aliphatic heterocycles. The van der Waals surface area contributed by atoms with Crippen LogP contribution in [0, 0.1) is 0 Å². The average molecular weight is 270 g/mol. The van der Waals surface area contributed by atoms with Gasteiger partial charge in [-0.3, -0.25) is 10.1 Å². The topological polar surface area (TPSA) is 32.3 Å². The molecule has 1 saturated heterocycles. The molecule has 94 valence electrons. The molecule has 17 heavy (non-hydrogen) atoms. The van der Waals surface area contributed by atoms with Crippen LogP contribution in [-0.2, 0) is 4.79 Å². The zero-order valence-corrected chi connectivity index (χ0v) is 12.0. The minimum Gasteiger partial charge on any atom is -0.317 e. The van der Waals surface area contributed by atoms with Gasteiger partial charge in [0.2, 0.25) is 5.91 Å². The number of hydrogen-bond donors (Lipinski definition) is 1. The molecule has 0 saturated carbocycles. The minimum absolute atomic E-state index is 0.0552. The van der Waals surface area contributed by atoms with Crippen molar-refractivity contribution in [3.63, 3.8) is 0 Å². The smallest absolute Gasteiger partial charge is 0.241 e. The highest BCUT2D eigenvalue weighted by molar-refractivity contribution is 7.98. The highest BCUT2D eigenvalue weighted by atomic mass is 32.2. The van der Waals surface area contributed by atoms with Crippen molar-refractivity contribution in [2.24, 2.45) is 0 Å². The third-order valence-corrected chi connectivity index (χ3v) is 4.75. The van der Waals surface area contributed by atoms with Gasteiger partial charge >= 0.3 is 0 Å². The molecular weight excluding hydrogens is 252 g/mol. The number of carbonyl (C=O) groups excluding carboxylic acids is 1. The Kier molecular flexibility index (Phi) is 4.12. The Morgan fingerprint density at radius 2 is 2.41 bits per heavy atom. The molecule has 0 radical (unpaired) electrons. The van der Waals surface area contributed by atoms with Gasteiger partial charge in [-0.25, -0.2) is 0 Å². The Balaban J connectivity index is 2.22. The number of nitrogens with one attached hydrogen (secondary N) is 1. The summed E-state index contributed by atoms with van der Waals surface area (Å²) in [4.78, 5) is 15.4. The SMILES string of the molecule is CSCC(C)N1C(=O)C(C)NC1c1cccs1. The van der Waals surface area contributed by atoms with Gasteiger partial charge in [-0.05, 0) is 31.5 Å². The van der Waals surface area contributed by atoms with E-state index in [4.69, 9.17) is 0 Å². The molecule has 2 heterocycles. The van der Waals surface area contributed by atoms with E-state index in [1.807, 2.05) is 17.9 Å². The Hall–Kier alpha value is -0.520. The maximum absolute atomic E-state index is 12.2. The molecule has 1 amide bonds. The lowest BCUT2D eigenvalue weighted by Crippen LogP contribution is -2.39. The van der Waals surface area contributed by atoms with E-state index in [0.29, 0.717) is 0 Å². The largest absolute Gasteiger partial charge is 0.317 e. The lowest BCUT2D eigenvalue weighted by atomic mass is 10.2. The summed E-state index contributed by atoms with van der Waals surface area (Å²) in [7, 11) is 0. The number of thiophene rings is 1. The molecule has 1 aromatic rings. The fourth-order valence-corrected chi connectivity index (χ4v) is 3.62. The van der Waals surface area contributed by atoms with Crippen molar-refractivity contribution in [2.45, 2.75) is 32.1 Å². The zero-order chi connectivity index (χ0) is 12.4. The van der Waals surface area contributed by atoms with Crippen LogP contribution in [0.4, 0.5) is 0 Å². The van der Waals surface area contributed by atoms with Crippen LogP contribution >= 0.6 is 23.1 Å². The van der Waals surface area contributed by atoms with Gasteiger partial charge < -0.3 is 4.90 Å². The summed E-state index contributed by atoms with van der Waals surface area (Å²) in [6.45, 7) is 4.06. The number of hydrogen-bond acceptors (Lipinski definition) is 4. The van der Waals surface area contributed by atoms with Gasteiger partial charge in [0.1, 0.15) is 6.17 Å². The fraction of sp³-hybridized carbons (Fsp3) is 0.583. The van der Waals surface area contributed by atoms with Gasteiger partial charge in [0.05, 0.1) is 6.04 Å². The summed E-state index contributed by atoms with van der Waals surface area (Å²) in [6, 6.07) is 4.31. The number of amides is 1. The highest BCUT2D eigenvalue weighted by Gasteiger charge is 2.39. The average Bonchev–Trinajstić information content (AvgIpc) is 2.88. The second kappa shape index (κ2) is 5.42. The lowest BCUT2D eigenvalue weighted by Gasteiger charge is -2.29. The van der Waals surface area contributed by atoms with Crippen LogP contribution in [-0.4, -0.2) is 34.9 Å². The Bertz CT molecular complexity index is 380. The van der Waals surface area contributed by atoms with Crippen molar-refractivity contribution >= 4 is 29.0 Å². The van der Waals surface area contributed by atoms with Gasteiger partial charge in [0.25, 0.3) is 0 Å². The summed E-state index contributed by atoms with van der Waals surface area (Å²) in [5.74, 6) is 1.19. The predicted molar refractivity (Wildman–Crippen MR) is 74.3 cm³/mol. The molecule has 3 unspecified atom stereocenters. The van der Waals surface area contributed by atoms with E-state index in [0.717, 1.165) is 5.75 Å². The van der Waals surface area contributed by atoms with Gasteiger partial charge in [0, 0.05) is 16.7 Å². The summed E-state index contributed by atoms with van der Waals surface area (Å²) in [5.41, 5.74) is 0. The fourth-order valence-electron chi connectivity index (χ4n) is 2.20. The first-order chi connectivity index (χ1) is 8.15. The highest BCUT2D eigenvalue weighted by Crippen LogP contribution is 2.30. The molecular formula is C12H18N2OS2. The van der Waals surface area contributed by atoms with Crippen molar-refractivity contribution < 1.29 is 4.79 Å². The van der Waals surface area contributed by atoms with E-state index < -0.39 is 0 Å². The molecule has 0 bridgehead atoms. The third-order valence-electron chi connectivity index (χ3n) is 3.01. The van der Waals surface area contributed by atoms with Crippen LogP contribution < -0.4 is 5.32 Å². The second-order valence-corrected chi connectivity index (χ2v) is 6.25. The molecule has 0 spiro atoms. The van der Waals surface area contributed by atoms with Gasteiger partial charge in [-0.2, -0.15) is 11.8 Å². The first kappa shape index (κ1) is 12.9. The number of nitrogens with zero attached hydrogens (tertiary/aromatic N) is 1. The quantitative estimate of drug-likeness (QED) is 0.911. The van der Waals surface area contributed by atoms with Crippen molar-refractivity contribution in [3.8, 4) is 0 Å². The number of rotatable bonds is 4. The Labute approximate surface area is 111 Å². The van der Waals surface area contributed by atoms with Crippen LogP contribution in [0.2, 0.25) is 0 Å². The first-order valence-corrected chi connectivity index (χ1v) is 8.03. The van der Waals surface area contributed by atoms with E-state index in [9.17, 15) is 4.79 Å². The molecule has 3 atom stereocenters. The zero-order valence-electron chi connectivity index (χ0n) is 10.3. The maximum Gasteiger partial charge on any atom is 0.241 e. The van der Waals surface area contributed by atoms with E-state index >= 15 is 0 Å². The lowest BCUT2D eigenvalue weighted by molar-refractivity contribution is -0.131. The molecule has 3 nitrogen and oxygen atoms in total. The molecule has 1 aromatic heterocycles. The minimum atomic E-state index is -0.0774. The van der Waals surface area contributed by atoms with Crippen LogP contribution in [0.5, 0.6) is 0 Å². The second-order valence-electron chi connectivity index (χ2n) is 4.36. The van der Waals surface area contributed by atoms with Crippen LogP contribution in [0.25, 0.3) is 0 Å². The predicted octanol–water partition coefficient (Wildman–Crippen LogP) is 2.32. The first-order valence-electron chi connectivity index (χ1n) is 5.75. The number of thioether (sulfide) groups is 1. The molecule has 1 aliphatic rings. The van der Waals surface area contributed by atoms with Crippen molar-refractivity contribution in [2.75, 3.05) is 12.0 Å². The molecule has 5 heteroatoms. The summed E-state index contributed by atoms with van der Waals surface area (Å²) >= 11 is 3.48. The summed E-state index contributed by atoms with van der Waals surface area (Å²) < 4.78 is 0. The standard InChI is InChI=1S/C12H18N2OS2/c1-8(7-16-3)14-11(10-5-4-6-17-10)13-9(2)12(14)15/h4-6,8-9,11,13H,7H2,1-3H3. The van der Waals surface area contributed by atoms with Crippen molar-refractivity contribution in [1.29, 1.82) is 0 Å². The van der Waals surface area contributed by atoms with Crippen molar-refractivity contribution in [1.82, 2.24) is 10.2 Å². The Morgan fingerprint density at radius 3 is 3.00 bits per heavy atom. The molecule has 1 N–H and O–H groups in total. The van der Waals surface area contributed by atoms with E-state index in [2.05, 4.69) is 29.9 Å². The number of carbonyl (C=O) groups is 1. The van der Waals surface area contributed by atoms with E-state index in [1.165, 1.54) is 4.88 Å². The van der Waals surface area contributed by atoms with Crippen molar-refractivity contribution in [3.05, 3.63) is 22.4 Å². The molecule has 0 aliphatic carbocycles. The van der Waals surface area contributed by atoms with Crippen LogP contribution in [0.3, 0.4) is 0 Å². The normalized spacial score (nSPS) is 26.5. The Morgan fingerprint density at radius 1 is 1.65 bits per heavy atom. The van der Waals surface area contributed by atoms with Crippen LogP contribution in [0.1, 0.15) is 24.9 Å². The monoisotopic (exact) mass is 270 g/mol. The molecule has 0 aromatic carbocycles.